The van der Waals surface area contributed by atoms with E-state index in [0.29, 0.717) is 12.1 Å². The van der Waals surface area contributed by atoms with E-state index in [9.17, 15) is 4.79 Å². The van der Waals surface area contributed by atoms with Crippen molar-refractivity contribution in [2.75, 3.05) is 5.75 Å². The molecule has 21 heavy (non-hydrogen) atoms. The van der Waals surface area contributed by atoms with Crippen molar-refractivity contribution in [2.24, 2.45) is 0 Å². The normalized spacial score (nSPS) is 11.1. The predicted octanol–water partition coefficient (Wildman–Crippen LogP) is 4.00. The van der Waals surface area contributed by atoms with Gasteiger partial charge in [-0.1, -0.05) is 18.2 Å². The number of oxazole rings is 1. The topological polar surface area (TPSA) is 35.1 Å². The van der Waals surface area contributed by atoms with Gasteiger partial charge in [0.05, 0.1) is 5.52 Å². The number of fused-ring (bicyclic) bond motifs is 1. The van der Waals surface area contributed by atoms with Gasteiger partial charge in [-0.05, 0) is 49.2 Å². The molecule has 0 amide bonds. The third-order valence-corrected chi connectivity index (χ3v) is 4.61. The highest BCUT2D eigenvalue weighted by molar-refractivity contribution is 7.99. The third kappa shape index (κ3) is 2.90. The smallest absolute Gasteiger partial charge is 0.408 e. The number of para-hydroxylation sites is 2. The van der Waals surface area contributed by atoms with E-state index in [4.69, 9.17) is 4.42 Å². The first-order chi connectivity index (χ1) is 10.1. The second-order valence-corrected chi connectivity index (χ2v) is 6.25. The highest BCUT2D eigenvalue weighted by atomic mass is 32.2. The Balaban J connectivity index is 1.73. The minimum atomic E-state index is -0.281. The molecule has 108 valence electrons. The van der Waals surface area contributed by atoms with Gasteiger partial charge in [-0.25, -0.2) is 4.79 Å². The standard InChI is InChI=1S/C17H17NO2S/c1-12-7-8-14(11-13(12)2)21-10-9-18-15-5-3-4-6-16(15)20-17(18)19/h3-8,11H,9-10H2,1-2H3. The van der Waals surface area contributed by atoms with Crippen LogP contribution in [0.1, 0.15) is 11.1 Å². The van der Waals surface area contributed by atoms with Crippen LogP contribution in [0.2, 0.25) is 0 Å². The van der Waals surface area contributed by atoms with Gasteiger partial charge in [-0.3, -0.25) is 4.57 Å². The lowest BCUT2D eigenvalue weighted by molar-refractivity contribution is 0.514. The summed E-state index contributed by atoms with van der Waals surface area (Å²) in [5, 5.41) is 0. The Bertz CT molecular complexity index is 832. The quantitative estimate of drug-likeness (QED) is 0.683. The van der Waals surface area contributed by atoms with E-state index in [0.717, 1.165) is 11.3 Å². The summed E-state index contributed by atoms with van der Waals surface area (Å²) in [6.45, 7) is 4.88. The Morgan fingerprint density at radius 2 is 1.90 bits per heavy atom. The summed E-state index contributed by atoms with van der Waals surface area (Å²) in [4.78, 5) is 13.1. The van der Waals surface area contributed by atoms with Crippen molar-refractivity contribution in [1.29, 1.82) is 0 Å². The van der Waals surface area contributed by atoms with Crippen LogP contribution in [0, 0.1) is 13.8 Å². The number of aromatic nitrogens is 1. The Morgan fingerprint density at radius 1 is 1.10 bits per heavy atom. The molecular weight excluding hydrogens is 282 g/mol. The summed E-state index contributed by atoms with van der Waals surface area (Å²) in [7, 11) is 0. The molecule has 0 radical (unpaired) electrons. The zero-order valence-corrected chi connectivity index (χ0v) is 12.9. The predicted molar refractivity (Wildman–Crippen MR) is 87.1 cm³/mol. The maximum atomic E-state index is 11.9. The van der Waals surface area contributed by atoms with Crippen LogP contribution in [-0.2, 0) is 6.54 Å². The van der Waals surface area contributed by atoms with Gasteiger partial charge < -0.3 is 4.42 Å². The van der Waals surface area contributed by atoms with Crippen LogP contribution in [-0.4, -0.2) is 10.3 Å². The molecule has 2 aromatic carbocycles. The van der Waals surface area contributed by atoms with Gasteiger partial charge in [0, 0.05) is 17.2 Å². The number of hydrogen-bond donors (Lipinski definition) is 0. The first kappa shape index (κ1) is 14.0. The van der Waals surface area contributed by atoms with E-state index in [2.05, 4.69) is 32.0 Å². The Kier molecular flexibility index (Phi) is 3.88. The Morgan fingerprint density at radius 3 is 2.71 bits per heavy atom. The Hall–Kier alpha value is -1.94. The molecule has 0 saturated carbocycles. The molecule has 3 aromatic rings. The molecule has 0 bridgehead atoms. The van der Waals surface area contributed by atoms with Crippen LogP contribution in [0.4, 0.5) is 0 Å². The monoisotopic (exact) mass is 299 g/mol. The SMILES string of the molecule is Cc1ccc(SCCn2c(=O)oc3ccccc32)cc1C. The summed E-state index contributed by atoms with van der Waals surface area (Å²) >= 11 is 1.76. The van der Waals surface area contributed by atoms with Crippen LogP contribution in [0.15, 0.2) is 56.6 Å². The summed E-state index contributed by atoms with van der Waals surface area (Å²) < 4.78 is 6.93. The van der Waals surface area contributed by atoms with E-state index in [-0.39, 0.29) is 5.76 Å². The summed E-state index contributed by atoms with van der Waals surface area (Å²) in [5.74, 6) is 0.559. The second kappa shape index (κ2) is 5.82. The number of benzene rings is 2. The zero-order chi connectivity index (χ0) is 14.8. The summed E-state index contributed by atoms with van der Waals surface area (Å²) in [6.07, 6.45) is 0. The number of rotatable bonds is 4. The van der Waals surface area contributed by atoms with E-state index in [1.165, 1.54) is 16.0 Å². The average molecular weight is 299 g/mol. The molecule has 0 fully saturated rings. The molecule has 0 N–H and O–H groups in total. The second-order valence-electron chi connectivity index (χ2n) is 5.08. The maximum Gasteiger partial charge on any atom is 0.419 e. The van der Waals surface area contributed by atoms with Gasteiger partial charge in [0.25, 0.3) is 0 Å². The maximum absolute atomic E-state index is 11.9. The third-order valence-electron chi connectivity index (χ3n) is 3.64. The summed E-state index contributed by atoms with van der Waals surface area (Å²) in [5.41, 5.74) is 4.11. The molecule has 0 unspecified atom stereocenters. The molecule has 0 aliphatic heterocycles. The van der Waals surface area contributed by atoms with Gasteiger partial charge >= 0.3 is 5.76 Å². The fourth-order valence-electron chi connectivity index (χ4n) is 2.28. The molecule has 4 heteroatoms. The van der Waals surface area contributed by atoms with E-state index in [1.54, 1.807) is 16.3 Å². The van der Waals surface area contributed by atoms with Crippen molar-refractivity contribution in [1.82, 2.24) is 4.57 Å². The molecule has 0 aliphatic carbocycles. The van der Waals surface area contributed by atoms with Crippen molar-refractivity contribution < 1.29 is 4.42 Å². The first-order valence-corrected chi connectivity index (χ1v) is 7.92. The van der Waals surface area contributed by atoms with Crippen molar-refractivity contribution in [2.45, 2.75) is 25.3 Å². The van der Waals surface area contributed by atoms with Gasteiger partial charge in [0.2, 0.25) is 0 Å². The van der Waals surface area contributed by atoms with Crippen molar-refractivity contribution >= 4 is 22.9 Å². The first-order valence-electron chi connectivity index (χ1n) is 6.93. The van der Waals surface area contributed by atoms with Crippen LogP contribution in [0.5, 0.6) is 0 Å². The number of aryl methyl sites for hydroxylation is 3. The van der Waals surface area contributed by atoms with Crippen LogP contribution in [0.3, 0.4) is 0 Å². The molecule has 0 saturated heterocycles. The minimum absolute atomic E-state index is 0.281. The fourth-order valence-corrected chi connectivity index (χ4v) is 3.22. The lowest BCUT2D eigenvalue weighted by atomic mass is 10.1. The molecule has 0 atom stereocenters. The average Bonchev–Trinajstić information content (AvgIpc) is 2.79. The fraction of sp³-hybridized carbons (Fsp3) is 0.235. The number of hydrogen-bond acceptors (Lipinski definition) is 3. The molecule has 3 rings (SSSR count). The van der Waals surface area contributed by atoms with E-state index in [1.807, 2.05) is 24.3 Å². The zero-order valence-electron chi connectivity index (χ0n) is 12.1. The molecular formula is C17H17NO2S. The lowest BCUT2D eigenvalue weighted by Gasteiger charge is -2.05. The molecule has 0 aliphatic rings. The largest absolute Gasteiger partial charge is 0.419 e. The Labute approximate surface area is 127 Å². The van der Waals surface area contributed by atoms with Gasteiger partial charge in [0.1, 0.15) is 0 Å². The van der Waals surface area contributed by atoms with Gasteiger partial charge in [-0.2, -0.15) is 0 Å². The lowest BCUT2D eigenvalue weighted by Crippen LogP contribution is -2.15. The minimum Gasteiger partial charge on any atom is -0.408 e. The molecule has 0 spiro atoms. The van der Waals surface area contributed by atoms with E-state index >= 15 is 0 Å². The number of thioether (sulfide) groups is 1. The highest BCUT2D eigenvalue weighted by Gasteiger charge is 2.08. The van der Waals surface area contributed by atoms with Crippen LogP contribution < -0.4 is 5.76 Å². The van der Waals surface area contributed by atoms with Gasteiger partial charge in [0.15, 0.2) is 5.58 Å². The van der Waals surface area contributed by atoms with Crippen LogP contribution >= 0.6 is 11.8 Å². The number of nitrogens with zero attached hydrogens (tertiary/aromatic N) is 1. The van der Waals surface area contributed by atoms with Gasteiger partial charge in [-0.15, -0.1) is 11.8 Å². The molecule has 3 nitrogen and oxygen atoms in total. The molecule has 1 heterocycles. The van der Waals surface area contributed by atoms with Crippen LogP contribution in [0.25, 0.3) is 11.1 Å². The highest BCUT2D eigenvalue weighted by Crippen LogP contribution is 2.21. The summed E-state index contributed by atoms with van der Waals surface area (Å²) in [6, 6.07) is 14.0. The van der Waals surface area contributed by atoms with Crippen molar-refractivity contribution in [3.63, 3.8) is 0 Å². The van der Waals surface area contributed by atoms with Crippen molar-refractivity contribution in [3.8, 4) is 0 Å². The van der Waals surface area contributed by atoms with Crippen molar-refractivity contribution in [3.05, 3.63) is 64.1 Å². The van der Waals surface area contributed by atoms with E-state index < -0.39 is 0 Å². The molecule has 1 aromatic heterocycles.